The molecule has 2 heterocycles. The second kappa shape index (κ2) is 9.79. The summed E-state index contributed by atoms with van der Waals surface area (Å²) in [6, 6.07) is 24.4. The van der Waals surface area contributed by atoms with E-state index in [1.807, 2.05) is 72.3 Å². The van der Waals surface area contributed by atoms with Crippen LogP contribution in [-0.2, 0) is 4.79 Å². The number of halogens is 1. The summed E-state index contributed by atoms with van der Waals surface area (Å²) in [6.07, 6.45) is 0. The molecule has 0 unspecified atom stereocenters. The lowest BCUT2D eigenvalue weighted by Crippen LogP contribution is -2.41. The number of nitrogens with zero attached hydrogens (tertiary/aromatic N) is 3. The van der Waals surface area contributed by atoms with Crippen LogP contribution >= 0.6 is 23.4 Å². The van der Waals surface area contributed by atoms with E-state index in [2.05, 4.69) is 20.9 Å². The SMILES string of the molecule is CCOc1ccc([C@H]2Nn3c(nnc3-c3ccccc3)S[C@@H]2C(=O)Nc2cccc(Cl)c2)cc1. The highest BCUT2D eigenvalue weighted by molar-refractivity contribution is 8.00. The second-order valence-electron chi connectivity index (χ2n) is 7.65. The number of anilines is 1. The number of ether oxygens (including phenoxy) is 1. The zero-order valence-electron chi connectivity index (χ0n) is 18.3. The molecule has 9 heteroatoms. The van der Waals surface area contributed by atoms with Gasteiger partial charge in [-0.15, -0.1) is 10.2 Å². The second-order valence-corrected chi connectivity index (χ2v) is 9.20. The van der Waals surface area contributed by atoms with Crippen LogP contribution in [0.15, 0.2) is 84.0 Å². The third kappa shape index (κ3) is 4.60. The number of benzene rings is 3. The molecule has 0 saturated carbocycles. The first kappa shape index (κ1) is 22.3. The highest BCUT2D eigenvalue weighted by Gasteiger charge is 2.38. The Morgan fingerprint density at radius 3 is 2.62 bits per heavy atom. The molecule has 1 aliphatic rings. The molecule has 0 radical (unpaired) electrons. The van der Waals surface area contributed by atoms with Gasteiger partial charge >= 0.3 is 0 Å². The number of carbonyl (C=O) groups is 1. The van der Waals surface area contributed by atoms with E-state index >= 15 is 0 Å². The summed E-state index contributed by atoms with van der Waals surface area (Å²) in [5, 5.41) is 12.4. The van der Waals surface area contributed by atoms with Crippen LogP contribution in [0.4, 0.5) is 5.69 Å². The van der Waals surface area contributed by atoms with Crippen molar-refractivity contribution < 1.29 is 9.53 Å². The standard InChI is InChI=1S/C25H22ClN5O2S/c1-2-33-20-13-11-16(12-14-20)21-22(24(32)27-19-10-6-9-18(26)15-19)34-25-29-28-23(31(25)30-21)17-7-4-3-5-8-17/h3-15,21-22,30H,2H2,1H3,(H,27,32)/t21-,22+/m1/s1. The van der Waals surface area contributed by atoms with E-state index in [0.29, 0.717) is 28.3 Å². The first-order valence-electron chi connectivity index (χ1n) is 10.9. The molecule has 0 saturated heterocycles. The van der Waals surface area contributed by atoms with Crippen molar-refractivity contribution in [2.24, 2.45) is 0 Å². The summed E-state index contributed by atoms with van der Waals surface area (Å²) in [5.74, 6) is 1.31. The van der Waals surface area contributed by atoms with Gasteiger partial charge in [-0.25, -0.2) is 4.68 Å². The van der Waals surface area contributed by atoms with Crippen molar-refractivity contribution in [3.05, 3.63) is 89.4 Å². The van der Waals surface area contributed by atoms with E-state index in [4.69, 9.17) is 16.3 Å². The molecular formula is C25H22ClN5O2S. The summed E-state index contributed by atoms with van der Waals surface area (Å²) >= 11 is 7.48. The third-order valence-corrected chi connectivity index (χ3v) is 6.82. The molecule has 0 spiro atoms. The number of amides is 1. The maximum absolute atomic E-state index is 13.4. The molecule has 0 aliphatic carbocycles. The van der Waals surface area contributed by atoms with Gasteiger partial charge in [-0.2, -0.15) is 0 Å². The van der Waals surface area contributed by atoms with Crippen molar-refractivity contribution >= 4 is 35.0 Å². The van der Waals surface area contributed by atoms with Gasteiger partial charge in [-0.05, 0) is 42.8 Å². The van der Waals surface area contributed by atoms with Crippen LogP contribution in [0.3, 0.4) is 0 Å². The summed E-state index contributed by atoms with van der Waals surface area (Å²) in [5.41, 5.74) is 6.00. The van der Waals surface area contributed by atoms with E-state index in [9.17, 15) is 4.79 Å². The lowest BCUT2D eigenvalue weighted by Gasteiger charge is -2.33. The van der Waals surface area contributed by atoms with Gasteiger partial charge in [0.1, 0.15) is 11.0 Å². The molecule has 1 aliphatic heterocycles. The minimum atomic E-state index is -0.503. The molecular weight excluding hydrogens is 470 g/mol. The molecule has 3 aromatic carbocycles. The predicted octanol–water partition coefficient (Wildman–Crippen LogP) is 5.40. The molecule has 5 rings (SSSR count). The van der Waals surface area contributed by atoms with E-state index in [-0.39, 0.29) is 11.9 Å². The maximum Gasteiger partial charge on any atom is 0.240 e. The Bertz CT molecular complexity index is 1300. The van der Waals surface area contributed by atoms with E-state index in [1.165, 1.54) is 11.8 Å². The van der Waals surface area contributed by atoms with Gasteiger partial charge in [-0.3, -0.25) is 4.79 Å². The van der Waals surface area contributed by atoms with Crippen molar-refractivity contribution in [2.45, 2.75) is 23.4 Å². The van der Waals surface area contributed by atoms with Crippen molar-refractivity contribution in [1.82, 2.24) is 14.9 Å². The molecule has 4 aromatic rings. The van der Waals surface area contributed by atoms with Crippen LogP contribution in [0.2, 0.25) is 5.02 Å². The van der Waals surface area contributed by atoms with Gasteiger partial charge < -0.3 is 15.5 Å². The van der Waals surface area contributed by atoms with Crippen molar-refractivity contribution in [1.29, 1.82) is 0 Å². The highest BCUT2D eigenvalue weighted by Crippen LogP contribution is 2.39. The highest BCUT2D eigenvalue weighted by atomic mass is 35.5. The first-order chi connectivity index (χ1) is 16.6. The summed E-state index contributed by atoms with van der Waals surface area (Å²) in [4.78, 5) is 13.4. The number of hydrogen-bond donors (Lipinski definition) is 2. The molecule has 1 amide bonds. The zero-order chi connectivity index (χ0) is 23.5. The lowest BCUT2D eigenvalue weighted by atomic mass is 10.0. The maximum atomic E-state index is 13.4. The predicted molar refractivity (Wildman–Crippen MR) is 135 cm³/mol. The van der Waals surface area contributed by atoms with Crippen molar-refractivity contribution in [2.75, 3.05) is 17.3 Å². The minimum Gasteiger partial charge on any atom is -0.494 e. The fourth-order valence-corrected chi connectivity index (χ4v) is 5.07. The average Bonchev–Trinajstić information content (AvgIpc) is 3.27. The number of fused-ring (bicyclic) bond motifs is 1. The van der Waals surface area contributed by atoms with Gasteiger partial charge in [0, 0.05) is 16.3 Å². The molecule has 0 fully saturated rings. The number of hydrogen-bond acceptors (Lipinski definition) is 6. The summed E-state index contributed by atoms with van der Waals surface area (Å²) in [6.45, 7) is 2.54. The van der Waals surface area contributed by atoms with Crippen LogP contribution in [0.1, 0.15) is 18.5 Å². The van der Waals surface area contributed by atoms with E-state index in [0.717, 1.165) is 16.9 Å². The Kier molecular flexibility index (Phi) is 6.42. The number of nitrogens with one attached hydrogen (secondary N) is 2. The molecule has 2 N–H and O–H groups in total. The van der Waals surface area contributed by atoms with Crippen molar-refractivity contribution in [3.8, 4) is 17.1 Å². The van der Waals surface area contributed by atoms with Crippen LogP contribution in [-0.4, -0.2) is 32.6 Å². The summed E-state index contributed by atoms with van der Waals surface area (Å²) < 4.78 is 7.44. The molecule has 7 nitrogen and oxygen atoms in total. The normalized spacial score (nSPS) is 16.9. The minimum absolute atomic E-state index is 0.158. The average molecular weight is 492 g/mol. The Morgan fingerprint density at radius 1 is 1.09 bits per heavy atom. The number of aromatic nitrogens is 3. The third-order valence-electron chi connectivity index (χ3n) is 5.37. The van der Waals surface area contributed by atoms with E-state index < -0.39 is 5.25 Å². The van der Waals surface area contributed by atoms with Crippen molar-refractivity contribution in [3.63, 3.8) is 0 Å². The molecule has 1 aromatic heterocycles. The van der Waals surface area contributed by atoms with Gasteiger partial charge in [0.2, 0.25) is 11.1 Å². The molecule has 2 atom stereocenters. The van der Waals surface area contributed by atoms with E-state index in [1.54, 1.807) is 18.2 Å². The Labute approximate surface area is 206 Å². The van der Waals surface area contributed by atoms with Crippen LogP contribution in [0, 0.1) is 0 Å². The molecule has 34 heavy (non-hydrogen) atoms. The van der Waals surface area contributed by atoms with Gasteiger partial charge in [0.05, 0.1) is 12.6 Å². The van der Waals surface area contributed by atoms with Crippen LogP contribution in [0.25, 0.3) is 11.4 Å². The summed E-state index contributed by atoms with van der Waals surface area (Å²) in [7, 11) is 0. The number of rotatable bonds is 6. The smallest absolute Gasteiger partial charge is 0.240 e. The van der Waals surface area contributed by atoms with Gasteiger partial charge in [0.15, 0.2) is 5.82 Å². The van der Waals surface area contributed by atoms with Crippen LogP contribution < -0.4 is 15.5 Å². The quantitative estimate of drug-likeness (QED) is 0.376. The Hall–Kier alpha value is -3.49. The fraction of sp³-hybridized carbons (Fsp3) is 0.160. The van der Waals surface area contributed by atoms with Crippen LogP contribution in [0.5, 0.6) is 5.75 Å². The Balaban J connectivity index is 1.50. The fourth-order valence-electron chi connectivity index (χ4n) is 3.80. The topological polar surface area (TPSA) is 81.1 Å². The first-order valence-corrected chi connectivity index (χ1v) is 12.1. The Morgan fingerprint density at radius 2 is 1.88 bits per heavy atom. The number of carbonyl (C=O) groups excluding carboxylic acids is 1. The monoisotopic (exact) mass is 491 g/mol. The number of thioether (sulfide) groups is 1. The molecule has 172 valence electrons. The van der Waals surface area contributed by atoms with Gasteiger partial charge in [0.25, 0.3) is 0 Å². The largest absolute Gasteiger partial charge is 0.494 e. The molecule has 0 bridgehead atoms. The lowest BCUT2D eigenvalue weighted by molar-refractivity contribution is -0.116. The van der Waals surface area contributed by atoms with Gasteiger partial charge in [-0.1, -0.05) is 71.9 Å². The zero-order valence-corrected chi connectivity index (χ0v) is 19.9.